The van der Waals surface area contributed by atoms with Crippen LogP contribution in [0.15, 0.2) is 47.0 Å². The summed E-state index contributed by atoms with van der Waals surface area (Å²) in [5.74, 6) is -5.24. The van der Waals surface area contributed by atoms with E-state index in [1.807, 2.05) is 0 Å². The van der Waals surface area contributed by atoms with E-state index < -0.39 is 35.6 Å². The molecule has 3 aromatic rings. The Kier molecular flexibility index (Phi) is 6.88. The van der Waals surface area contributed by atoms with Gasteiger partial charge in [-0.1, -0.05) is 6.07 Å². The summed E-state index contributed by atoms with van der Waals surface area (Å²) in [6.07, 6.45) is -1.75. The predicted molar refractivity (Wildman–Crippen MR) is 123 cm³/mol. The lowest BCUT2D eigenvalue weighted by Crippen LogP contribution is -2.69. The summed E-state index contributed by atoms with van der Waals surface area (Å²) in [4.78, 5) is 20.4. The fourth-order valence-electron chi connectivity index (χ4n) is 4.79. The maximum absolute atomic E-state index is 15.8. The van der Waals surface area contributed by atoms with Gasteiger partial charge in [-0.2, -0.15) is 8.78 Å². The summed E-state index contributed by atoms with van der Waals surface area (Å²) in [6, 6.07) is 7.85. The summed E-state index contributed by atoms with van der Waals surface area (Å²) in [5.41, 5.74) is -1.60. The van der Waals surface area contributed by atoms with Crippen LogP contribution in [0.25, 0.3) is 11.5 Å². The molecule has 0 bridgehead atoms. The smallest absolute Gasteiger partial charge is 0.314 e. The van der Waals surface area contributed by atoms with Crippen molar-refractivity contribution in [1.82, 2.24) is 20.1 Å². The quantitative estimate of drug-likeness (QED) is 0.377. The van der Waals surface area contributed by atoms with Crippen molar-refractivity contribution in [2.24, 2.45) is 0 Å². The normalized spacial score (nSPS) is 19.3. The number of benzene rings is 1. The van der Waals surface area contributed by atoms with Gasteiger partial charge in [0.25, 0.3) is 11.8 Å². The molecule has 3 heterocycles. The molecule has 202 valence electrons. The molecule has 7 nitrogen and oxygen atoms in total. The number of hydrogen-bond donors (Lipinski definition) is 0. The third-order valence-electron chi connectivity index (χ3n) is 6.88. The van der Waals surface area contributed by atoms with E-state index >= 15 is 4.39 Å². The molecule has 0 N–H and O–H groups in total. The number of amides is 1. The molecule has 5 rings (SSSR count). The van der Waals surface area contributed by atoms with Crippen LogP contribution in [0.3, 0.4) is 0 Å². The maximum Gasteiger partial charge on any atom is 0.314 e. The van der Waals surface area contributed by atoms with Gasteiger partial charge in [0.05, 0.1) is 17.8 Å². The van der Waals surface area contributed by atoms with E-state index in [1.165, 1.54) is 36.5 Å². The van der Waals surface area contributed by atoms with Gasteiger partial charge in [-0.25, -0.2) is 17.6 Å². The number of alkyl halides is 5. The molecule has 1 saturated heterocycles. The molecule has 1 aliphatic heterocycles. The molecule has 13 heteroatoms. The molecule has 0 atom stereocenters. The highest BCUT2D eigenvalue weighted by Gasteiger charge is 2.54. The van der Waals surface area contributed by atoms with Crippen molar-refractivity contribution in [1.29, 1.82) is 0 Å². The van der Waals surface area contributed by atoms with Gasteiger partial charge in [0.1, 0.15) is 5.82 Å². The van der Waals surface area contributed by atoms with E-state index in [0.29, 0.717) is 5.69 Å². The van der Waals surface area contributed by atoms with Crippen LogP contribution in [0.2, 0.25) is 0 Å². The third-order valence-corrected chi connectivity index (χ3v) is 6.88. The first-order valence-corrected chi connectivity index (χ1v) is 12.0. The highest BCUT2D eigenvalue weighted by molar-refractivity contribution is 6.00. The van der Waals surface area contributed by atoms with Crippen LogP contribution in [-0.4, -0.2) is 56.7 Å². The zero-order valence-electron chi connectivity index (χ0n) is 20.0. The molecule has 1 amide bonds. The van der Waals surface area contributed by atoms with Crippen LogP contribution < -0.4 is 4.90 Å². The Bertz CT molecular complexity index is 1290. The number of carbonyl (C=O) groups excluding carboxylic acids is 1. The third kappa shape index (κ3) is 5.38. The summed E-state index contributed by atoms with van der Waals surface area (Å²) in [5, 5.41) is 6.81. The van der Waals surface area contributed by atoms with Crippen molar-refractivity contribution in [3.8, 4) is 11.5 Å². The summed E-state index contributed by atoms with van der Waals surface area (Å²) in [7, 11) is 0. The summed E-state index contributed by atoms with van der Waals surface area (Å²) >= 11 is 0. The Hall–Kier alpha value is -3.48. The molecular formula is C25H23F6N5O2. The first-order chi connectivity index (χ1) is 18.0. The summed E-state index contributed by atoms with van der Waals surface area (Å²) < 4.78 is 87.1. The topological polar surface area (TPSA) is 75.4 Å². The minimum atomic E-state index is -2.93. The average molecular weight is 539 g/mol. The molecule has 1 aromatic carbocycles. The van der Waals surface area contributed by atoms with Gasteiger partial charge in [-0.3, -0.25) is 14.7 Å². The maximum atomic E-state index is 15.8. The minimum absolute atomic E-state index is 0.118. The van der Waals surface area contributed by atoms with E-state index in [0.717, 1.165) is 11.0 Å². The Morgan fingerprint density at radius 3 is 2.45 bits per heavy atom. The second-order valence-electron chi connectivity index (χ2n) is 9.61. The van der Waals surface area contributed by atoms with E-state index in [2.05, 4.69) is 15.2 Å². The standard InChI is InChI=1S/C25H23F6N5O2/c26-16-2-1-3-19(10-16)36(12-17-5-4-15(11-32-17)21-33-34-22(38-21)20(27)28)23(37)24(29)13-35(14-24)18-6-8-25(30,31)9-7-18/h1-5,10-11,18,20H,6-9,12-14H2. The Morgan fingerprint density at radius 1 is 1.11 bits per heavy atom. The van der Waals surface area contributed by atoms with Gasteiger partial charge >= 0.3 is 6.43 Å². The first kappa shape index (κ1) is 26.1. The second-order valence-corrected chi connectivity index (χ2v) is 9.61. The number of nitrogens with zero attached hydrogens (tertiary/aromatic N) is 5. The molecule has 2 aromatic heterocycles. The number of halogens is 6. The summed E-state index contributed by atoms with van der Waals surface area (Å²) in [6.45, 7) is -0.705. The van der Waals surface area contributed by atoms with Crippen molar-refractivity contribution >= 4 is 11.6 Å². The van der Waals surface area contributed by atoms with Gasteiger partial charge in [-0.05, 0) is 43.2 Å². The number of pyridine rings is 1. The lowest BCUT2D eigenvalue weighted by atomic mass is 9.85. The number of aromatic nitrogens is 3. The van der Waals surface area contributed by atoms with Crippen molar-refractivity contribution in [2.75, 3.05) is 18.0 Å². The number of likely N-dealkylation sites (tertiary alicyclic amines) is 1. The molecular weight excluding hydrogens is 516 g/mol. The fourth-order valence-corrected chi connectivity index (χ4v) is 4.79. The number of anilines is 1. The van der Waals surface area contributed by atoms with Crippen LogP contribution in [0.1, 0.15) is 43.7 Å². The molecule has 1 saturated carbocycles. The van der Waals surface area contributed by atoms with Crippen molar-refractivity contribution in [2.45, 2.75) is 56.3 Å². The van der Waals surface area contributed by atoms with E-state index in [-0.39, 0.29) is 68.5 Å². The Labute approximate surface area is 213 Å². The van der Waals surface area contributed by atoms with Crippen molar-refractivity contribution in [3.63, 3.8) is 0 Å². The minimum Gasteiger partial charge on any atom is -0.415 e. The highest BCUT2D eigenvalue weighted by Crippen LogP contribution is 2.40. The van der Waals surface area contributed by atoms with Gasteiger partial charge in [-0.15, -0.1) is 10.2 Å². The molecule has 0 unspecified atom stereocenters. The number of carbonyl (C=O) groups is 1. The molecule has 38 heavy (non-hydrogen) atoms. The lowest BCUT2D eigenvalue weighted by molar-refractivity contribution is -0.149. The number of rotatable bonds is 7. The molecule has 2 aliphatic rings. The number of hydrogen-bond acceptors (Lipinski definition) is 6. The average Bonchev–Trinajstić information content (AvgIpc) is 3.36. The SMILES string of the molecule is O=C(N(Cc1ccc(-c2nnc(C(F)F)o2)cn1)c1cccc(F)c1)C1(F)CN(C2CCC(F)(F)CC2)C1. The van der Waals surface area contributed by atoms with Crippen LogP contribution in [0, 0.1) is 5.82 Å². The van der Waals surface area contributed by atoms with Gasteiger partial charge in [0.2, 0.25) is 17.5 Å². The Morgan fingerprint density at radius 2 is 1.84 bits per heavy atom. The van der Waals surface area contributed by atoms with Crippen LogP contribution in [0.4, 0.5) is 32.0 Å². The highest BCUT2D eigenvalue weighted by atomic mass is 19.3. The fraction of sp³-hybridized carbons (Fsp3) is 0.440. The zero-order valence-corrected chi connectivity index (χ0v) is 20.0. The van der Waals surface area contributed by atoms with Crippen molar-refractivity contribution < 1.29 is 35.6 Å². The first-order valence-electron chi connectivity index (χ1n) is 12.0. The van der Waals surface area contributed by atoms with E-state index in [1.54, 1.807) is 4.90 Å². The van der Waals surface area contributed by atoms with Gasteiger partial charge < -0.3 is 9.32 Å². The zero-order chi connectivity index (χ0) is 27.1. The molecule has 1 aliphatic carbocycles. The Balaban J connectivity index is 1.32. The van der Waals surface area contributed by atoms with Gasteiger partial charge in [0.15, 0.2) is 0 Å². The molecule has 2 fully saturated rings. The largest absolute Gasteiger partial charge is 0.415 e. The van der Waals surface area contributed by atoms with Crippen molar-refractivity contribution in [3.05, 3.63) is 60.0 Å². The predicted octanol–water partition coefficient (Wildman–Crippen LogP) is 5.34. The van der Waals surface area contributed by atoms with Crippen LogP contribution in [-0.2, 0) is 11.3 Å². The molecule has 0 spiro atoms. The molecule has 0 radical (unpaired) electrons. The van der Waals surface area contributed by atoms with Crippen LogP contribution in [0.5, 0.6) is 0 Å². The van der Waals surface area contributed by atoms with Gasteiger partial charge in [0, 0.05) is 43.9 Å². The van der Waals surface area contributed by atoms with Crippen LogP contribution >= 0.6 is 0 Å². The lowest BCUT2D eigenvalue weighted by Gasteiger charge is -2.50. The van der Waals surface area contributed by atoms with E-state index in [9.17, 15) is 26.7 Å². The van der Waals surface area contributed by atoms with E-state index in [4.69, 9.17) is 4.42 Å². The monoisotopic (exact) mass is 539 g/mol. The second kappa shape index (κ2) is 10.0.